The van der Waals surface area contributed by atoms with Gasteiger partial charge in [0.2, 0.25) is 0 Å². The zero-order valence-electron chi connectivity index (χ0n) is 1.80. The Morgan fingerprint density at radius 2 is 1.25 bits per heavy atom. The summed E-state index contributed by atoms with van der Waals surface area (Å²) in [5, 5.41) is 0. The molecule has 0 aliphatic rings. The van der Waals surface area contributed by atoms with Gasteiger partial charge in [-0.2, -0.15) is 8.42 Å². The Bertz CT molecular complexity index is 27.0. The summed E-state index contributed by atoms with van der Waals surface area (Å²) < 4.78 is 16.6. The molecule has 4 heteroatoms. The average Bonchev–Trinajstić information content (AvgIpc) is 0.918. The Balaban J connectivity index is 0. The number of hydrogen-bond donors (Lipinski definition) is 0. The molecule has 0 aromatic rings. The van der Waals surface area contributed by atoms with Gasteiger partial charge in [0, 0.05) is 35.6 Å². The first kappa shape index (κ1) is 8.89. The van der Waals surface area contributed by atoms with Crippen molar-refractivity contribution in [1.82, 2.24) is 0 Å². The standard InChI is InChI=1S/La.O2S/c;1-3-2. The van der Waals surface area contributed by atoms with Crippen LogP contribution in [-0.2, 0) is 11.6 Å². The summed E-state index contributed by atoms with van der Waals surface area (Å²) in [4.78, 5) is 0. The van der Waals surface area contributed by atoms with Crippen LogP contribution < -0.4 is 0 Å². The van der Waals surface area contributed by atoms with Crippen LogP contribution in [0, 0.1) is 35.6 Å². The molecule has 0 bridgehead atoms. The molecule has 0 saturated carbocycles. The van der Waals surface area contributed by atoms with Gasteiger partial charge in [-0.05, 0) is 0 Å². The second-order valence-electron chi connectivity index (χ2n) is 0.0680. The van der Waals surface area contributed by atoms with E-state index in [2.05, 4.69) is 0 Å². The quantitative estimate of drug-likeness (QED) is 0.523. The smallest absolute Gasteiger partial charge is 0.168 e. The maximum Gasteiger partial charge on any atom is 0.335 e. The summed E-state index contributed by atoms with van der Waals surface area (Å²) in [7, 11) is 0. The minimum atomic E-state index is -0.750. The summed E-state index contributed by atoms with van der Waals surface area (Å²) in [6.07, 6.45) is 0. The van der Waals surface area contributed by atoms with Crippen LogP contribution in [0.5, 0.6) is 0 Å². The van der Waals surface area contributed by atoms with Gasteiger partial charge in [0.25, 0.3) is 0 Å². The van der Waals surface area contributed by atoms with Gasteiger partial charge in [-0.1, -0.05) is 0 Å². The van der Waals surface area contributed by atoms with E-state index in [0.717, 1.165) is 0 Å². The Morgan fingerprint density at radius 3 is 1.25 bits per heavy atom. The van der Waals surface area contributed by atoms with Crippen LogP contribution >= 0.6 is 0 Å². The molecule has 0 atom stereocenters. The molecule has 0 amide bonds. The van der Waals surface area contributed by atoms with E-state index in [4.69, 9.17) is 8.42 Å². The maximum atomic E-state index is 8.29. The van der Waals surface area contributed by atoms with Crippen molar-refractivity contribution in [2.45, 2.75) is 0 Å². The van der Waals surface area contributed by atoms with Crippen LogP contribution in [0.15, 0.2) is 0 Å². The van der Waals surface area contributed by atoms with Crippen LogP contribution in [0.3, 0.4) is 0 Å². The molecule has 4 heavy (non-hydrogen) atoms. The number of rotatable bonds is 0. The molecule has 1 radical (unpaired) electrons. The molecule has 0 fully saturated rings. The molecular formula is LaO2S. The molecule has 0 heterocycles. The van der Waals surface area contributed by atoms with Crippen LogP contribution in [0.1, 0.15) is 0 Å². The van der Waals surface area contributed by atoms with Crippen LogP contribution in [-0.4, -0.2) is 8.42 Å². The molecule has 0 N–H and O–H groups in total. The average molecular weight is 203 g/mol. The third-order valence-electron chi connectivity index (χ3n) is 0. The Morgan fingerprint density at radius 1 is 1.25 bits per heavy atom. The first-order chi connectivity index (χ1) is 1.41. The molecule has 0 aliphatic heterocycles. The van der Waals surface area contributed by atoms with E-state index in [-0.39, 0.29) is 35.6 Å². The fourth-order valence-electron chi connectivity index (χ4n) is 0. The van der Waals surface area contributed by atoms with Crippen molar-refractivity contribution in [3.63, 3.8) is 0 Å². The topological polar surface area (TPSA) is 34.1 Å². The van der Waals surface area contributed by atoms with Crippen LogP contribution in [0.2, 0.25) is 0 Å². The minimum Gasteiger partial charge on any atom is -0.168 e. The van der Waals surface area contributed by atoms with Crippen molar-refractivity contribution >= 4 is 11.6 Å². The van der Waals surface area contributed by atoms with Gasteiger partial charge in [-0.25, -0.2) is 0 Å². The zero-order chi connectivity index (χ0) is 2.71. The molecule has 0 saturated heterocycles. The van der Waals surface area contributed by atoms with E-state index >= 15 is 0 Å². The Labute approximate surface area is 55.2 Å². The van der Waals surface area contributed by atoms with Gasteiger partial charge < -0.3 is 0 Å². The third kappa shape index (κ3) is 11.9. The van der Waals surface area contributed by atoms with E-state index in [1.54, 1.807) is 0 Å². The monoisotopic (exact) mass is 203 g/mol. The van der Waals surface area contributed by atoms with Crippen molar-refractivity contribution < 1.29 is 44.0 Å². The van der Waals surface area contributed by atoms with Gasteiger partial charge in [-0.15, -0.1) is 0 Å². The summed E-state index contributed by atoms with van der Waals surface area (Å²) >= 11 is -0.750. The summed E-state index contributed by atoms with van der Waals surface area (Å²) in [5.41, 5.74) is 0. The van der Waals surface area contributed by atoms with Crippen LogP contribution in [0.4, 0.5) is 0 Å². The summed E-state index contributed by atoms with van der Waals surface area (Å²) in [6, 6.07) is 0. The molecule has 0 aromatic carbocycles. The second kappa shape index (κ2) is 8.99. The first-order valence-electron chi connectivity index (χ1n) is 0.333. The SMILES string of the molecule is O=S=O.[La]. The van der Waals surface area contributed by atoms with Crippen molar-refractivity contribution in [3.05, 3.63) is 0 Å². The fourth-order valence-corrected chi connectivity index (χ4v) is 0. The predicted molar refractivity (Wildman–Crippen MR) is 8.92 cm³/mol. The van der Waals surface area contributed by atoms with E-state index in [9.17, 15) is 0 Å². The van der Waals surface area contributed by atoms with Gasteiger partial charge in [0.1, 0.15) is 0 Å². The molecule has 0 aromatic heterocycles. The normalized spacial score (nSPS) is 3.00. The molecule has 2 nitrogen and oxygen atoms in total. The third-order valence-corrected chi connectivity index (χ3v) is 0. The summed E-state index contributed by atoms with van der Waals surface area (Å²) in [5.74, 6) is 0. The molecule has 0 spiro atoms. The number of hydrogen-bond acceptors (Lipinski definition) is 2. The minimum absolute atomic E-state index is 0. The Hall–Kier alpha value is 1.01. The Kier molecular flexibility index (Phi) is 20.0. The van der Waals surface area contributed by atoms with E-state index in [1.807, 2.05) is 0 Å². The molecule has 0 unspecified atom stereocenters. The molecule has 21 valence electrons. The predicted octanol–water partition coefficient (Wildman–Crippen LogP) is -0.670. The van der Waals surface area contributed by atoms with Gasteiger partial charge in [0.15, 0.2) is 0 Å². The fraction of sp³-hybridized carbons (Fsp3) is 0. The van der Waals surface area contributed by atoms with Crippen LogP contribution in [0.25, 0.3) is 0 Å². The van der Waals surface area contributed by atoms with Crippen molar-refractivity contribution in [2.75, 3.05) is 0 Å². The zero-order valence-corrected chi connectivity index (χ0v) is 6.24. The molecule has 0 aliphatic carbocycles. The van der Waals surface area contributed by atoms with Crippen molar-refractivity contribution in [3.8, 4) is 0 Å². The van der Waals surface area contributed by atoms with Crippen molar-refractivity contribution in [2.24, 2.45) is 0 Å². The molecular weight excluding hydrogens is 203 g/mol. The molecule has 0 rings (SSSR count). The summed E-state index contributed by atoms with van der Waals surface area (Å²) in [6.45, 7) is 0. The van der Waals surface area contributed by atoms with E-state index in [0.29, 0.717) is 0 Å². The first-order valence-corrected chi connectivity index (χ1v) is 1.00. The second-order valence-corrected chi connectivity index (χ2v) is 0.204. The van der Waals surface area contributed by atoms with E-state index in [1.165, 1.54) is 0 Å². The largest absolute Gasteiger partial charge is 0.335 e. The van der Waals surface area contributed by atoms with E-state index < -0.39 is 11.6 Å². The maximum absolute atomic E-state index is 8.29. The van der Waals surface area contributed by atoms with Crippen molar-refractivity contribution in [1.29, 1.82) is 0 Å². The van der Waals surface area contributed by atoms with Gasteiger partial charge >= 0.3 is 11.6 Å². The van der Waals surface area contributed by atoms with Gasteiger partial charge in [-0.3, -0.25) is 0 Å². The van der Waals surface area contributed by atoms with Gasteiger partial charge in [0.05, 0.1) is 0 Å².